The third-order valence-electron chi connectivity index (χ3n) is 3.15. The average Bonchev–Trinajstić information content (AvgIpc) is 2.74. The van der Waals surface area contributed by atoms with E-state index in [4.69, 9.17) is 5.73 Å². The zero-order valence-electron chi connectivity index (χ0n) is 10.00. The van der Waals surface area contributed by atoms with Crippen LogP contribution in [0.1, 0.15) is 30.1 Å². The molecular formula is C11H14N4O3. The first-order chi connectivity index (χ1) is 8.50. The minimum Gasteiger partial charge on any atom is -0.384 e. The molecule has 2 N–H and O–H groups in total. The molecule has 1 aromatic rings. The topological polar surface area (TPSA) is 102 Å². The number of nitro groups is 1. The van der Waals surface area contributed by atoms with Gasteiger partial charge >= 0.3 is 0 Å². The Morgan fingerprint density at radius 3 is 2.94 bits per heavy atom. The van der Waals surface area contributed by atoms with Gasteiger partial charge in [0.15, 0.2) is 0 Å². The summed E-state index contributed by atoms with van der Waals surface area (Å²) in [5.41, 5.74) is 5.21. The maximum atomic E-state index is 12.3. The number of pyridine rings is 1. The molecule has 7 heteroatoms. The van der Waals surface area contributed by atoms with Crippen LogP contribution in [-0.2, 0) is 0 Å². The summed E-state index contributed by atoms with van der Waals surface area (Å²) < 4.78 is 0. The normalized spacial score (nSPS) is 18.9. The number of nitrogens with zero attached hydrogens (tertiary/aromatic N) is 3. The molecule has 2 rings (SSSR count). The largest absolute Gasteiger partial charge is 0.384 e. The lowest BCUT2D eigenvalue weighted by Gasteiger charge is -2.21. The number of carbonyl (C=O) groups is 1. The van der Waals surface area contributed by atoms with Crippen LogP contribution < -0.4 is 5.73 Å². The van der Waals surface area contributed by atoms with Crippen molar-refractivity contribution < 1.29 is 9.72 Å². The average molecular weight is 250 g/mol. The van der Waals surface area contributed by atoms with Crippen LogP contribution >= 0.6 is 0 Å². The summed E-state index contributed by atoms with van der Waals surface area (Å²) in [5.74, 6) is -0.239. The van der Waals surface area contributed by atoms with Gasteiger partial charge in [0.1, 0.15) is 17.6 Å². The molecule has 1 aromatic heterocycles. The third kappa shape index (κ3) is 2.11. The molecule has 2 heterocycles. The zero-order valence-corrected chi connectivity index (χ0v) is 10.00. The van der Waals surface area contributed by atoms with Crippen LogP contribution in [0.15, 0.2) is 12.3 Å². The molecule has 1 amide bonds. The first-order valence-corrected chi connectivity index (χ1v) is 5.71. The van der Waals surface area contributed by atoms with E-state index in [-0.39, 0.29) is 29.0 Å². The van der Waals surface area contributed by atoms with Crippen molar-refractivity contribution in [3.8, 4) is 0 Å². The molecule has 1 fully saturated rings. The molecule has 1 unspecified atom stereocenters. The molecular weight excluding hydrogens is 236 g/mol. The monoisotopic (exact) mass is 250 g/mol. The van der Waals surface area contributed by atoms with Crippen molar-refractivity contribution in [1.82, 2.24) is 9.88 Å². The zero-order chi connectivity index (χ0) is 13.3. The van der Waals surface area contributed by atoms with Crippen LogP contribution in [0, 0.1) is 10.1 Å². The Hall–Kier alpha value is -2.18. The summed E-state index contributed by atoms with van der Waals surface area (Å²) in [6.07, 6.45) is 2.87. The van der Waals surface area contributed by atoms with Gasteiger partial charge in [-0.2, -0.15) is 0 Å². The van der Waals surface area contributed by atoms with Gasteiger partial charge in [0, 0.05) is 12.6 Å². The number of rotatable bonds is 2. The van der Waals surface area contributed by atoms with Crippen LogP contribution in [-0.4, -0.2) is 33.3 Å². The van der Waals surface area contributed by atoms with Crippen LogP contribution in [0.25, 0.3) is 0 Å². The Bertz CT molecular complexity index is 503. The number of aromatic nitrogens is 1. The van der Waals surface area contributed by atoms with Gasteiger partial charge in [0.25, 0.3) is 11.6 Å². The van der Waals surface area contributed by atoms with Crippen molar-refractivity contribution in [3.63, 3.8) is 0 Å². The fraction of sp³-hybridized carbons (Fsp3) is 0.455. The molecule has 1 aliphatic rings. The summed E-state index contributed by atoms with van der Waals surface area (Å²) in [7, 11) is 0. The molecule has 0 bridgehead atoms. The Balaban J connectivity index is 2.40. The van der Waals surface area contributed by atoms with E-state index in [0.29, 0.717) is 6.54 Å². The SMILES string of the molecule is CC1CCCN1C(=O)c1cc(N)ncc1[N+](=O)[O-]. The summed E-state index contributed by atoms with van der Waals surface area (Å²) in [6, 6.07) is 1.37. The second-order valence-electron chi connectivity index (χ2n) is 4.37. The Morgan fingerprint density at radius 1 is 1.67 bits per heavy atom. The fourth-order valence-corrected chi connectivity index (χ4v) is 2.17. The summed E-state index contributed by atoms with van der Waals surface area (Å²) in [5, 5.41) is 10.9. The number of nitrogen functional groups attached to an aromatic ring is 1. The van der Waals surface area contributed by atoms with Crippen LogP contribution in [0.3, 0.4) is 0 Å². The lowest BCUT2D eigenvalue weighted by Crippen LogP contribution is -2.34. The van der Waals surface area contributed by atoms with Crippen LogP contribution in [0.5, 0.6) is 0 Å². The minimum absolute atomic E-state index is 0.0150. The van der Waals surface area contributed by atoms with Gasteiger partial charge in [0.05, 0.1) is 4.92 Å². The maximum Gasteiger partial charge on any atom is 0.300 e. The van der Waals surface area contributed by atoms with Crippen molar-refractivity contribution in [2.24, 2.45) is 0 Å². The van der Waals surface area contributed by atoms with Crippen LogP contribution in [0.4, 0.5) is 11.5 Å². The second kappa shape index (κ2) is 4.59. The van der Waals surface area contributed by atoms with E-state index in [1.807, 2.05) is 6.92 Å². The number of likely N-dealkylation sites (tertiary alicyclic amines) is 1. The molecule has 0 saturated carbocycles. The van der Waals surface area contributed by atoms with Gasteiger partial charge in [0.2, 0.25) is 0 Å². The number of hydrogen-bond donors (Lipinski definition) is 1. The molecule has 1 aliphatic heterocycles. The molecule has 0 aromatic carbocycles. The Kier molecular flexibility index (Phi) is 3.14. The lowest BCUT2D eigenvalue weighted by atomic mass is 10.1. The predicted octanol–water partition coefficient (Wildman–Crippen LogP) is 1.20. The highest BCUT2D eigenvalue weighted by molar-refractivity contribution is 5.99. The summed E-state index contributed by atoms with van der Waals surface area (Å²) in [4.78, 5) is 27.8. The molecule has 96 valence electrons. The van der Waals surface area contributed by atoms with Gasteiger partial charge in [-0.3, -0.25) is 14.9 Å². The quantitative estimate of drug-likeness (QED) is 0.627. The van der Waals surface area contributed by atoms with E-state index in [9.17, 15) is 14.9 Å². The van der Waals surface area contributed by atoms with Crippen molar-refractivity contribution in [2.75, 3.05) is 12.3 Å². The molecule has 7 nitrogen and oxygen atoms in total. The number of carbonyl (C=O) groups excluding carboxylic acids is 1. The number of anilines is 1. The smallest absolute Gasteiger partial charge is 0.300 e. The van der Waals surface area contributed by atoms with Gasteiger partial charge in [-0.1, -0.05) is 0 Å². The summed E-state index contributed by atoms with van der Waals surface area (Å²) >= 11 is 0. The van der Waals surface area contributed by atoms with E-state index in [0.717, 1.165) is 19.0 Å². The van der Waals surface area contributed by atoms with Crippen LogP contribution in [0.2, 0.25) is 0 Å². The Labute approximate surface area is 104 Å². The molecule has 0 aliphatic carbocycles. The molecule has 1 atom stereocenters. The number of amides is 1. The summed E-state index contributed by atoms with van der Waals surface area (Å²) in [6.45, 7) is 2.56. The maximum absolute atomic E-state index is 12.3. The van der Waals surface area contributed by atoms with E-state index in [1.165, 1.54) is 6.07 Å². The first kappa shape index (κ1) is 12.3. The second-order valence-corrected chi connectivity index (χ2v) is 4.37. The van der Waals surface area contributed by atoms with Gasteiger partial charge in [-0.15, -0.1) is 0 Å². The number of nitrogens with two attached hydrogens (primary N) is 1. The standard InChI is InChI=1S/C11H14N4O3/c1-7-3-2-4-14(7)11(16)8-5-10(12)13-6-9(8)15(17)18/h5-7H,2-4H2,1H3,(H2,12,13). The van der Waals surface area contributed by atoms with Gasteiger partial charge in [-0.25, -0.2) is 4.98 Å². The van der Waals surface area contributed by atoms with Gasteiger partial charge in [-0.05, 0) is 25.8 Å². The van der Waals surface area contributed by atoms with E-state index in [1.54, 1.807) is 4.90 Å². The molecule has 18 heavy (non-hydrogen) atoms. The van der Waals surface area contributed by atoms with E-state index in [2.05, 4.69) is 4.98 Å². The van der Waals surface area contributed by atoms with Gasteiger partial charge < -0.3 is 10.6 Å². The highest BCUT2D eigenvalue weighted by atomic mass is 16.6. The fourth-order valence-electron chi connectivity index (χ4n) is 2.17. The first-order valence-electron chi connectivity index (χ1n) is 5.71. The van der Waals surface area contributed by atoms with Crippen molar-refractivity contribution in [3.05, 3.63) is 27.9 Å². The highest BCUT2D eigenvalue weighted by Crippen LogP contribution is 2.25. The molecule has 1 saturated heterocycles. The Morgan fingerprint density at radius 2 is 2.39 bits per heavy atom. The molecule has 0 spiro atoms. The van der Waals surface area contributed by atoms with Crippen molar-refractivity contribution in [1.29, 1.82) is 0 Å². The van der Waals surface area contributed by atoms with Crippen molar-refractivity contribution >= 4 is 17.4 Å². The van der Waals surface area contributed by atoms with Crippen molar-refractivity contribution in [2.45, 2.75) is 25.8 Å². The number of hydrogen-bond acceptors (Lipinski definition) is 5. The third-order valence-corrected chi connectivity index (χ3v) is 3.15. The predicted molar refractivity (Wildman–Crippen MR) is 65.0 cm³/mol. The van der Waals surface area contributed by atoms with E-state index >= 15 is 0 Å². The lowest BCUT2D eigenvalue weighted by molar-refractivity contribution is -0.385. The highest BCUT2D eigenvalue weighted by Gasteiger charge is 2.30. The molecule has 0 radical (unpaired) electrons. The van der Waals surface area contributed by atoms with E-state index < -0.39 is 4.92 Å². The minimum atomic E-state index is -0.611.